The molecule has 0 bridgehead atoms. The van der Waals surface area contributed by atoms with Crippen molar-refractivity contribution in [1.29, 1.82) is 0 Å². The van der Waals surface area contributed by atoms with E-state index in [1.807, 2.05) is 6.92 Å². The van der Waals surface area contributed by atoms with Gasteiger partial charge >= 0.3 is 0 Å². The second kappa shape index (κ2) is 2.21. The van der Waals surface area contributed by atoms with Gasteiger partial charge in [0.05, 0.1) is 12.2 Å². The van der Waals surface area contributed by atoms with Gasteiger partial charge < -0.3 is 14.6 Å². The average Bonchev–Trinajstić information content (AvgIpc) is 2.66. The number of hydrogen-bond donors (Lipinski definition) is 0. The van der Waals surface area contributed by atoms with E-state index in [0.29, 0.717) is 6.10 Å². The molecule has 11 heavy (non-hydrogen) atoms. The highest BCUT2D eigenvalue weighted by Crippen LogP contribution is 2.43. The lowest BCUT2D eigenvalue weighted by Crippen LogP contribution is -2.39. The first-order chi connectivity index (χ1) is 5.20. The fourth-order valence-electron chi connectivity index (χ4n) is 2.02. The highest BCUT2D eigenvalue weighted by Gasteiger charge is 2.49. The Bertz CT molecular complexity index is 190. The zero-order valence-corrected chi connectivity index (χ0v) is 6.45. The molecule has 4 unspecified atom stereocenters. The second-order valence-electron chi connectivity index (χ2n) is 3.50. The molecule has 4 atom stereocenters. The van der Waals surface area contributed by atoms with Crippen LogP contribution in [0.15, 0.2) is 0 Å². The third-order valence-electron chi connectivity index (χ3n) is 2.84. The Labute approximate surface area is 65.4 Å². The number of carboxylic acid groups (broad SMARTS) is 1. The van der Waals surface area contributed by atoms with Gasteiger partial charge in [-0.25, -0.2) is 0 Å². The summed E-state index contributed by atoms with van der Waals surface area (Å²) in [4.78, 5) is 10.6. The molecule has 0 aromatic heterocycles. The van der Waals surface area contributed by atoms with E-state index in [1.165, 1.54) is 0 Å². The summed E-state index contributed by atoms with van der Waals surface area (Å²) in [7, 11) is 0. The normalized spacial score (nSPS) is 48.1. The molecule has 2 aliphatic rings. The van der Waals surface area contributed by atoms with Gasteiger partial charge in [-0.1, -0.05) is 6.92 Å². The Morgan fingerprint density at radius 1 is 1.55 bits per heavy atom. The molecule has 0 aromatic rings. The van der Waals surface area contributed by atoms with Crippen LogP contribution in [-0.4, -0.2) is 18.2 Å². The molecule has 1 saturated carbocycles. The third-order valence-corrected chi connectivity index (χ3v) is 2.84. The minimum absolute atomic E-state index is 0.152. The van der Waals surface area contributed by atoms with Gasteiger partial charge in [-0.2, -0.15) is 0 Å². The molecule has 1 aliphatic carbocycles. The summed E-state index contributed by atoms with van der Waals surface area (Å²) in [6, 6.07) is 0. The molecular formula is C8H11O3-. The molecule has 3 heteroatoms. The van der Waals surface area contributed by atoms with Crippen molar-refractivity contribution in [2.45, 2.75) is 32.0 Å². The number of hydrogen-bond acceptors (Lipinski definition) is 3. The first kappa shape index (κ1) is 7.10. The number of ether oxygens (including phenoxy) is 1. The predicted octanol–water partition coefficient (Wildman–Crippen LogP) is -0.450. The Kier molecular flexibility index (Phi) is 1.42. The van der Waals surface area contributed by atoms with Gasteiger partial charge in [0, 0.05) is 11.9 Å². The monoisotopic (exact) mass is 155 g/mol. The number of aliphatic carboxylic acids is 1. The van der Waals surface area contributed by atoms with Crippen molar-refractivity contribution in [2.75, 3.05) is 0 Å². The van der Waals surface area contributed by atoms with Crippen molar-refractivity contribution in [2.24, 2.45) is 11.8 Å². The first-order valence-electron chi connectivity index (χ1n) is 4.06. The molecule has 0 spiro atoms. The Morgan fingerprint density at radius 2 is 2.27 bits per heavy atom. The lowest BCUT2D eigenvalue weighted by Gasteiger charge is -2.26. The number of epoxide rings is 1. The standard InChI is InChI=1S/C8H12O3/c1-4-5(8(9)10)2-3-6-7(4)11-6/h4-7H,2-3H2,1H3,(H,9,10)/p-1. The molecule has 0 aromatic carbocycles. The van der Waals surface area contributed by atoms with Crippen molar-refractivity contribution in [3.8, 4) is 0 Å². The van der Waals surface area contributed by atoms with E-state index in [-0.39, 0.29) is 17.9 Å². The minimum Gasteiger partial charge on any atom is -0.550 e. The van der Waals surface area contributed by atoms with E-state index >= 15 is 0 Å². The Hall–Kier alpha value is -0.570. The van der Waals surface area contributed by atoms with Crippen LogP contribution in [0.4, 0.5) is 0 Å². The highest BCUT2D eigenvalue weighted by atomic mass is 16.6. The zero-order chi connectivity index (χ0) is 8.01. The first-order valence-corrected chi connectivity index (χ1v) is 4.06. The molecule has 1 aliphatic heterocycles. The number of carbonyl (C=O) groups is 1. The number of carboxylic acids is 1. The summed E-state index contributed by atoms with van der Waals surface area (Å²) in [5, 5.41) is 10.6. The van der Waals surface area contributed by atoms with Gasteiger partial charge in [-0.05, 0) is 18.8 Å². The summed E-state index contributed by atoms with van der Waals surface area (Å²) in [5.74, 6) is -1.04. The van der Waals surface area contributed by atoms with Crippen LogP contribution < -0.4 is 5.11 Å². The topological polar surface area (TPSA) is 52.7 Å². The molecule has 62 valence electrons. The Balaban J connectivity index is 2.05. The van der Waals surface area contributed by atoms with Crippen molar-refractivity contribution in [3.05, 3.63) is 0 Å². The molecule has 1 saturated heterocycles. The maximum absolute atomic E-state index is 10.6. The molecule has 0 radical (unpaired) electrons. The van der Waals surface area contributed by atoms with E-state index in [9.17, 15) is 9.90 Å². The maximum atomic E-state index is 10.6. The fraction of sp³-hybridized carbons (Fsp3) is 0.875. The van der Waals surface area contributed by atoms with Gasteiger partial charge in [0.2, 0.25) is 0 Å². The molecule has 0 amide bonds. The van der Waals surface area contributed by atoms with Crippen molar-refractivity contribution in [1.82, 2.24) is 0 Å². The van der Waals surface area contributed by atoms with Crippen LogP contribution in [0.3, 0.4) is 0 Å². The largest absolute Gasteiger partial charge is 0.550 e. The van der Waals surface area contributed by atoms with Crippen molar-refractivity contribution in [3.63, 3.8) is 0 Å². The van der Waals surface area contributed by atoms with Gasteiger partial charge in [0.25, 0.3) is 0 Å². The summed E-state index contributed by atoms with van der Waals surface area (Å²) in [6.07, 6.45) is 2.20. The SMILES string of the molecule is CC1C(C(=O)[O-])CCC2OC21. The van der Waals surface area contributed by atoms with Crippen LogP contribution in [0.5, 0.6) is 0 Å². The molecule has 2 fully saturated rings. The van der Waals surface area contributed by atoms with E-state index in [2.05, 4.69) is 0 Å². The smallest absolute Gasteiger partial charge is 0.0873 e. The summed E-state index contributed by atoms with van der Waals surface area (Å²) in [6.45, 7) is 1.93. The van der Waals surface area contributed by atoms with E-state index in [0.717, 1.165) is 12.8 Å². The lowest BCUT2D eigenvalue weighted by atomic mass is 9.80. The van der Waals surface area contributed by atoms with Crippen LogP contribution in [0, 0.1) is 11.8 Å². The molecule has 3 nitrogen and oxygen atoms in total. The lowest BCUT2D eigenvalue weighted by molar-refractivity contribution is -0.313. The summed E-state index contributed by atoms with van der Waals surface area (Å²) < 4.78 is 5.28. The van der Waals surface area contributed by atoms with Crippen LogP contribution in [0.1, 0.15) is 19.8 Å². The zero-order valence-electron chi connectivity index (χ0n) is 6.45. The van der Waals surface area contributed by atoms with E-state index in [1.54, 1.807) is 0 Å². The van der Waals surface area contributed by atoms with Crippen LogP contribution in [0.2, 0.25) is 0 Å². The Morgan fingerprint density at radius 3 is 2.91 bits per heavy atom. The van der Waals surface area contributed by atoms with Crippen molar-refractivity contribution >= 4 is 5.97 Å². The quantitative estimate of drug-likeness (QED) is 0.482. The third kappa shape index (κ3) is 1.03. The van der Waals surface area contributed by atoms with Gasteiger partial charge in [0.1, 0.15) is 0 Å². The maximum Gasteiger partial charge on any atom is 0.0873 e. The fourth-order valence-corrected chi connectivity index (χ4v) is 2.02. The van der Waals surface area contributed by atoms with E-state index in [4.69, 9.17) is 4.74 Å². The van der Waals surface area contributed by atoms with Crippen LogP contribution in [0.25, 0.3) is 0 Å². The van der Waals surface area contributed by atoms with Gasteiger partial charge in [-0.3, -0.25) is 0 Å². The highest BCUT2D eigenvalue weighted by molar-refractivity contribution is 5.68. The number of rotatable bonds is 1. The number of fused-ring (bicyclic) bond motifs is 1. The van der Waals surface area contributed by atoms with Gasteiger partial charge in [0.15, 0.2) is 0 Å². The second-order valence-corrected chi connectivity index (χ2v) is 3.50. The molecular weight excluding hydrogens is 144 g/mol. The molecule has 2 rings (SSSR count). The van der Waals surface area contributed by atoms with Crippen LogP contribution >= 0.6 is 0 Å². The van der Waals surface area contributed by atoms with Crippen molar-refractivity contribution < 1.29 is 14.6 Å². The molecule has 1 heterocycles. The molecule has 0 N–H and O–H groups in total. The summed E-state index contributed by atoms with van der Waals surface area (Å²) >= 11 is 0. The number of carbonyl (C=O) groups excluding carboxylic acids is 1. The minimum atomic E-state index is -0.911. The van der Waals surface area contributed by atoms with E-state index < -0.39 is 5.97 Å². The average molecular weight is 155 g/mol. The predicted molar refractivity (Wildman–Crippen MR) is 35.6 cm³/mol. The van der Waals surface area contributed by atoms with Crippen LogP contribution in [-0.2, 0) is 9.53 Å². The van der Waals surface area contributed by atoms with Gasteiger partial charge in [-0.15, -0.1) is 0 Å². The summed E-state index contributed by atoms with van der Waals surface area (Å²) in [5.41, 5.74) is 0.